The summed E-state index contributed by atoms with van der Waals surface area (Å²) in [4.78, 5) is 0. The quantitative estimate of drug-likeness (QED) is 0.595. The Kier molecular flexibility index (Phi) is 5.73. The molecule has 2 rings (SSSR count). The second-order valence-corrected chi connectivity index (χ2v) is 7.01. The Bertz CT molecular complexity index is 554. The molecule has 0 radical (unpaired) electrons. The van der Waals surface area contributed by atoms with Gasteiger partial charge in [-0.2, -0.15) is 0 Å². The van der Waals surface area contributed by atoms with Crippen molar-refractivity contribution in [2.45, 2.75) is 26.3 Å². The van der Waals surface area contributed by atoms with Crippen LogP contribution in [0.4, 0.5) is 5.69 Å². The molecule has 1 atom stereocenters. The largest absolute Gasteiger partial charge is 0.377 e. The minimum atomic E-state index is 0.286. The number of hydrogen-bond acceptors (Lipinski definition) is 1. The summed E-state index contributed by atoms with van der Waals surface area (Å²) in [5.74, 6) is 0.621. The first-order valence-corrected chi connectivity index (χ1v) is 8.28. The van der Waals surface area contributed by atoms with E-state index in [0.29, 0.717) is 5.92 Å². The highest BCUT2D eigenvalue weighted by molar-refractivity contribution is 14.1. The molecule has 0 saturated heterocycles. The van der Waals surface area contributed by atoms with E-state index in [9.17, 15) is 0 Å². The molecule has 2 aromatic carbocycles. The molecule has 106 valence electrons. The van der Waals surface area contributed by atoms with Gasteiger partial charge in [-0.25, -0.2) is 0 Å². The topological polar surface area (TPSA) is 12.0 Å². The minimum Gasteiger partial charge on any atom is -0.377 e. The summed E-state index contributed by atoms with van der Waals surface area (Å²) in [5, 5.41) is 4.37. The van der Waals surface area contributed by atoms with E-state index in [1.165, 1.54) is 5.56 Å². The third kappa shape index (κ3) is 4.38. The molecule has 0 heterocycles. The van der Waals surface area contributed by atoms with Crippen molar-refractivity contribution >= 4 is 39.9 Å². The van der Waals surface area contributed by atoms with Crippen molar-refractivity contribution in [3.05, 3.63) is 62.7 Å². The van der Waals surface area contributed by atoms with Crippen LogP contribution in [0.1, 0.15) is 31.9 Å². The molecule has 0 aliphatic heterocycles. The van der Waals surface area contributed by atoms with E-state index in [0.717, 1.165) is 20.7 Å². The summed E-state index contributed by atoms with van der Waals surface area (Å²) in [5.41, 5.74) is 2.30. The molecule has 0 saturated carbocycles. The van der Waals surface area contributed by atoms with Crippen LogP contribution >= 0.6 is 34.2 Å². The van der Waals surface area contributed by atoms with Gasteiger partial charge >= 0.3 is 0 Å². The second-order valence-electron chi connectivity index (χ2n) is 5.36. The van der Waals surface area contributed by atoms with Crippen molar-refractivity contribution in [2.75, 3.05) is 5.32 Å². The lowest BCUT2D eigenvalue weighted by Gasteiger charge is -2.23. The van der Waals surface area contributed by atoms with Crippen molar-refractivity contribution in [3.8, 4) is 0 Å². The van der Waals surface area contributed by atoms with Crippen molar-refractivity contribution < 1.29 is 0 Å². The monoisotopic (exact) mass is 399 g/mol. The average molecular weight is 400 g/mol. The Hall–Kier alpha value is -0.740. The van der Waals surface area contributed by atoms with Crippen LogP contribution in [0.5, 0.6) is 0 Å². The third-order valence-electron chi connectivity index (χ3n) is 3.17. The lowest BCUT2D eigenvalue weighted by Crippen LogP contribution is -2.13. The summed E-state index contributed by atoms with van der Waals surface area (Å²) in [7, 11) is 0. The summed E-state index contributed by atoms with van der Waals surface area (Å²) in [6.07, 6.45) is 1.08. The van der Waals surface area contributed by atoms with Crippen LogP contribution in [0.15, 0.2) is 48.5 Å². The summed E-state index contributed by atoms with van der Waals surface area (Å²) in [6.45, 7) is 4.49. The van der Waals surface area contributed by atoms with Crippen molar-refractivity contribution in [3.63, 3.8) is 0 Å². The molecular formula is C17H19ClIN. The summed E-state index contributed by atoms with van der Waals surface area (Å²) < 4.78 is 1.15. The van der Waals surface area contributed by atoms with Gasteiger partial charge in [0.2, 0.25) is 0 Å². The number of halogens is 2. The van der Waals surface area contributed by atoms with E-state index in [1.807, 2.05) is 12.1 Å². The SMILES string of the molecule is CC(C)CC(Nc1ccc(I)cc1Cl)c1ccccc1. The molecule has 0 aliphatic rings. The van der Waals surface area contributed by atoms with Crippen LogP contribution in [0.2, 0.25) is 5.02 Å². The van der Waals surface area contributed by atoms with Crippen molar-refractivity contribution in [1.82, 2.24) is 0 Å². The number of anilines is 1. The van der Waals surface area contributed by atoms with Gasteiger partial charge in [-0.05, 0) is 58.7 Å². The minimum absolute atomic E-state index is 0.286. The molecule has 3 heteroatoms. The van der Waals surface area contributed by atoms with Crippen LogP contribution < -0.4 is 5.32 Å². The van der Waals surface area contributed by atoms with Crippen LogP contribution in [-0.2, 0) is 0 Å². The zero-order chi connectivity index (χ0) is 14.5. The van der Waals surface area contributed by atoms with E-state index in [2.05, 4.69) is 78.2 Å². The van der Waals surface area contributed by atoms with E-state index in [1.54, 1.807) is 0 Å². The van der Waals surface area contributed by atoms with E-state index in [-0.39, 0.29) is 6.04 Å². The van der Waals surface area contributed by atoms with Crippen LogP contribution in [0, 0.1) is 9.49 Å². The first kappa shape index (κ1) is 15.6. The maximum atomic E-state index is 6.33. The third-order valence-corrected chi connectivity index (χ3v) is 4.15. The van der Waals surface area contributed by atoms with Crippen LogP contribution in [-0.4, -0.2) is 0 Å². The van der Waals surface area contributed by atoms with E-state index in [4.69, 9.17) is 11.6 Å². The molecule has 2 aromatic rings. The molecule has 0 fully saturated rings. The highest BCUT2D eigenvalue weighted by Gasteiger charge is 2.14. The van der Waals surface area contributed by atoms with Crippen molar-refractivity contribution in [1.29, 1.82) is 0 Å². The Morgan fingerprint density at radius 1 is 1.10 bits per heavy atom. The van der Waals surface area contributed by atoms with Crippen molar-refractivity contribution in [2.24, 2.45) is 5.92 Å². The smallest absolute Gasteiger partial charge is 0.0648 e. The Morgan fingerprint density at radius 2 is 1.80 bits per heavy atom. The molecule has 0 amide bonds. The molecular weight excluding hydrogens is 381 g/mol. The first-order chi connectivity index (χ1) is 9.56. The standard InChI is InChI=1S/C17H19ClIN/c1-12(2)10-17(13-6-4-3-5-7-13)20-16-9-8-14(19)11-15(16)18/h3-9,11-12,17,20H,10H2,1-2H3. The number of benzene rings is 2. The van der Waals surface area contributed by atoms with E-state index < -0.39 is 0 Å². The van der Waals surface area contributed by atoms with Gasteiger partial charge in [0.25, 0.3) is 0 Å². The fourth-order valence-electron chi connectivity index (χ4n) is 2.23. The fraction of sp³-hybridized carbons (Fsp3) is 0.294. The number of hydrogen-bond donors (Lipinski definition) is 1. The van der Waals surface area contributed by atoms with Gasteiger partial charge < -0.3 is 5.32 Å². The zero-order valence-corrected chi connectivity index (χ0v) is 14.6. The van der Waals surface area contributed by atoms with Crippen LogP contribution in [0.3, 0.4) is 0 Å². The van der Waals surface area contributed by atoms with Gasteiger partial charge in [-0.1, -0.05) is 55.8 Å². The lowest BCUT2D eigenvalue weighted by atomic mass is 9.97. The summed E-state index contributed by atoms with van der Waals surface area (Å²) in [6, 6.07) is 17.0. The molecule has 1 nitrogen and oxygen atoms in total. The number of nitrogens with one attached hydrogen (secondary N) is 1. The van der Waals surface area contributed by atoms with Crippen LogP contribution in [0.25, 0.3) is 0 Å². The first-order valence-electron chi connectivity index (χ1n) is 6.83. The highest BCUT2D eigenvalue weighted by Crippen LogP contribution is 2.30. The van der Waals surface area contributed by atoms with Gasteiger partial charge in [0.05, 0.1) is 16.8 Å². The Balaban J connectivity index is 2.24. The van der Waals surface area contributed by atoms with Gasteiger partial charge in [0.1, 0.15) is 0 Å². The molecule has 0 bridgehead atoms. The predicted molar refractivity (Wildman–Crippen MR) is 96.4 cm³/mol. The normalized spacial score (nSPS) is 12.4. The Morgan fingerprint density at radius 3 is 2.40 bits per heavy atom. The molecule has 1 N–H and O–H groups in total. The molecule has 0 spiro atoms. The molecule has 20 heavy (non-hydrogen) atoms. The maximum Gasteiger partial charge on any atom is 0.0648 e. The predicted octanol–water partition coefficient (Wildman–Crippen LogP) is 6.14. The van der Waals surface area contributed by atoms with Gasteiger partial charge in [0, 0.05) is 3.57 Å². The molecule has 1 unspecified atom stereocenters. The molecule has 0 aromatic heterocycles. The zero-order valence-electron chi connectivity index (χ0n) is 11.7. The van der Waals surface area contributed by atoms with Gasteiger partial charge in [-0.3, -0.25) is 0 Å². The highest BCUT2D eigenvalue weighted by atomic mass is 127. The maximum absolute atomic E-state index is 6.33. The number of rotatable bonds is 5. The van der Waals surface area contributed by atoms with Gasteiger partial charge in [0.15, 0.2) is 0 Å². The molecule has 0 aliphatic carbocycles. The lowest BCUT2D eigenvalue weighted by molar-refractivity contribution is 0.531. The van der Waals surface area contributed by atoms with E-state index >= 15 is 0 Å². The average Bonchev–Trinajstić information content (AvgIpc) is 2.41. The van der Waals surface area contributed by atoms with Gasteiger partial charge in [-0.15, -0.1) is 0 Å². The second kappa shape index (κ2) is 7.32. The summed E-state index contributed by atoms with van der Waals surface area (Å²) >= 11 is 8.61. The Labute approximate surface area is 139 Å². The fourth-order valence-corrected chi connectivity index (χ4v) is 3.14.